The number of nitrogens with zero attached hydrogens (tertiary/aromatic N) is 1. The molecule has 0 N–H and O–H groups in total. The number of hydrogen-bond acceptors (Lipinski definition) is 4. The van der Waals surface area contributed by atoms with Crippen molar-refractivity contribution in [2.75, 3.05) is 7.11 Å². The van der Waals surface area contributed by atoms with Crippen molar-refractivity contribution in [3.63, 3.8) is 0 Å². The molecule has 0 aliphatic rings. The molecule has 0 saturated heterocycles. The highest BCUT2D eigenvalue weighted by molar-refractivity contribution is 5.91. The zero-order valence-corrected chi connectivity index (χ0v) is 14.9. The number of ether oxygens (including phenoxy) is 2. The minimum absolute atomic E-state index is 0.395. The molecule has 0 aliphatic heterocycles. The molecule has 26 heavy (non-hydrogen) atoms. The van der Waals surface area contributed by atoms with Gasteiger partial charge in [0.05, 0.1) is 18.4 Å². The number of aromatic nitrogens is 1. The van der Waals surface area contributed by atoms with E-state index in [1.807, 2.05) is 24.4 Å². The molecule has 0 aliphatic carbocycles. The molecule has 0 fully saturated rings. The van der Waals surface area contributed by atoms with E-state index in [0.717, 1.165) is 24.1 Å². The Labute approximate surface area is 153 Å². The number of methoxy groups -OCH3 is 1. The average Bonchev–Trinajstić information content (AvgIpc) is 2.69. The smallest absolute Gasteiger partial charge is 0.343 e. The van der Waals surface area contributed by atoms with Crippen molar-refractivity contribution in [1.29, 1.82) is 0 Å². The van der Waals surface area contributed by atoms with Crippen LogP contribution in [0.25, 0.3) is 11.3 Å². The van der Waals surface area contributed by atoms with Crippen LogP contribution < -0.4 is 9.47 Å². The highest BCUT2D eigenvalue weighted by Gasteiger charge is 2.09. The number of hydrogen-bond donors (Lipinski definition) is 0. The van der Waals surface area contributed by atoms with Gasteiger partial charge in [-0.3, -0.25) is 4.98 Å². The summed E-state index contributed by atoms with van der Waals surface area (Å²) in [5, 5.41) is 0. The highest BCUT2D eigenvalue weighted by atomic mass is 16.5. The summed E-state index contributed by atoms with van der Waals surface area (Å²) in [6.07, 6.45) is 4.04. The molecule has 0 spiro atoms. The molecule has 132 valence electrons. The van der Waals surface area contributed by atoms with E-state index in [1.165, 1.54) is 5.56 Å². The maximum Gasteiger partial charge on any atom is 0.343 e. The summed E-state index contributed by atoms with van der Waals surface area (Å²) in [5.41, 5.74) is 3.58. The van der Waals surface area contributed by atoms with Crippen LogP contribution in [0.4, 0.5) is 0 Å². The van der Waals surface area contributed by atoms with Gasteiger partial charge in [-0.1, -0.05) is 31.5 Å². The van der Waals surface area contributed by atoms with Crippen LogP contribution in [0.3, 0.4) is 0 Å². The fourth-order valence-corrected chi connectivity index (χ4v) is 2.62. The number of aryl methyl sites for hydroxylation is 1. The van der Waals surface area contributed by atoms with Gasteiger partial charge in [-0.05, 0) is 54.4 Å². The van der Waals surface area contributed by atoms with E-state index in [9.17, 15) is 4.79 Å². The van der Waals surface area contributed by atoms with Gasteiger partial charge in [0.15, 0.2) is 0 Å². The lowest BCUT2D eigenvalue weighted by Crippen LogP contribution is -2.08. The lowest BCUT2D eigenvalue weighted by molar-refractivity contribution is 0.0734. The van der Waals surface area contributed by atoms with Crippen molar-refractivity contribution in [2.45, 2.75) is 19.8 Å². The Morgan fingerprint density at radius 3 is 2.19 bits per heavy atom. The first-order valence-electron chi connectivity index (χ1n) is 8.61. The van der Waals surface area contributed by atoms with Crippen molar-refractivity contribution in [3.05, 3.63) is 78.0 Å². The van der Waals surface area contributed by atoms with E-state index < -0.39 is 5.97 Å². The molecule has 3 aromatic rings. The molecule has 1 aromatic heterocycles. The van der Waals surface area contributed by atoms with Gasteiger partial charge in [-0.2, -0.15) is 0 Å². The van der Waals surface area contributed by atoms with Gasteiger partial charge in [0.2, 0.25) is 0 Å². The van der Waals surface area contributed by atoms with Crippen molar-refractivity contribution in [3.8, 4) is 22.8 Å². The first-order chi connectivity index (χ1) is 12.7. The van der Waals surface area contributed by atoms with Gasteiger partial charge in [-0.25, -0.2) is 4.79 Å². The standard InChI is InChI=1S/C22H21NO3/c1-3-4-16-5-14-21(23-15-16)17-6-8-18(9-7-17)22(24)26-20-12-10-19(25-2)11-13-20/h5-15H,3-4H2,1-2H3. The Kier molecular flexibility index (Phi) is 5.64. The second-order valence-electron chi connectivity index (χ2n) is 5.94. The summed E-state index contributed by atoms with van der Waals surface area (Å²) >= 11 is 0. The Hall–Kier alpha value is -3.14. The van der Waals surface area contributed by atoms with Crippen LogP contribution in [0.5, 0.6) is 11.5 Å². The van der Waals surface area contributed by atoms with Gasteiger partial charge in [0, 0.05) is 11.8 Å². The molecule has 0 atom stereocenters. The van der Waals surface area contributed by atoms with Crippen LogP contribution >= 0.6 is 0 Å². The summed E-state index contributed by atoms with van der Waals surface area (Å²) in [5.74, 6) is 0.799. The van der Waals surface area contributed by atoms with Gasteiger partial charge in [0.1, 0.15) is 11.5 Å². The number of benzene rings is 2. The largest absolute Gasteiger partial charge is 0.497 e. The molecule has 0 bridgehead atoms. The van der Waals surface area contributed by atoms with Crippen LogP contribution in [0, 0.1) is 0 Å². The fourth-order valence-electron chi connectivity index (χ4n) is 2.62. The predicted octanol–water partition coefficient (Wildman–Crippen LogP) is 4.93. The minimum Gasteiger partial charge on any atom is -0.497 e. The summed E-state index contributed by atoms with van der Waals surface area (Å²) in [6, 6.07) is 18.3. The number of esters is 1. The normalized spacial score (nSPS) is 10.4. The maximum absolute atomic E-state index is 12.3. The van der Waals surface area contributed by atoms with E-state index in [1.54, 1.807) is 43.5 Å². The molecule has 0 amide bonds. The Morgan fingerprint density at radius 1 is 0.923 bits per heavy atom. The van der Waals surface area contributed by atoms with Crippen LogP contribution in [0.15, 0.2) is 66.9 Å². The second kappa shape index (κ2) is 8.30. The topological polar surface area (TPSA) is 48.4 Å². The van der Waals surface area contributed by atoms with E-state index >= 15 is 0 Å². The van der Waals surface area contributed by atoms with Gasteiger partial charge in [0.25, 0.3) is 0 Å². The first-order valence-corrected chi connectivity index (χ1v) is 8.61. The molecular weight excluding hydrogens is 326 g/mol. The average molecular weight is 347 g/mol. The minimum atomic E-state index is -0.395. The fraction of sp³-hybridized carbons (Fsp3) is 0.182. The van der Waals surface area contributed by atoms with Crippen molar-refractivity contribution < 1.29 is 14.3 Å². The lowest BCUT2D eigenvalue weighted by atomic mass is 10.1. The highest BCUT2D eigenvalue weighted by Crippen LogP contribution is 2.21. The molecule has 0 saturated carbocycles. The Balaban J connectivity index is 1.68. The SMILES string of the molecule is CCCc1ccc(-c2ccc(C(=O)Oc3ccc(OC)cc3)cc2)nc1. The summed E-state index contributed by atoms with van der Waals surface area (Å²) in [7, 11) is 1.59. The van der Waals surface area contributed by atoms with Crippen LogP contribution in [-0.4, -0.2) is 18.1 Å². The molecule has 4 heteroatoms. The first kappa shape index (κ1) is 17.7. The zero-order chi connectivity index (χ0) is 18.4. The molecule has 4 nitrogen and oxygen atoms in total. The van der Waals surface area contributed by atoms with Gasteiger partial charge < -0.3 is 9.47 Å². The summed E-state index contributed by atoms with van der Waals surface area (Å²) in [6.45, 7) is 2.15. The molecule has 1 heterocycles. The second-order valence-corrected chi connectivity index (χ2v) is 5.94. The van der Waals surface area contributed by atoms with Gasteiger partial charge in [-0.15, -0.1) is 0 Å². The summed E-state index contributed by atoms with van der Waals surface area (Å²) in [4.78, 5) is 16.8. The quantitative estimate of drug-likeness (QED) is 0.469. The molecule has 2 aromatic carbocycles. The van der Waals surface area contributed by atoms with Gasteiger partial charge >= 0.3 is 5.97 Å². The predicted molar refractivity (Wildman–Crippen MR) is 102 cm³/mol. The molecule has 0 radical (unpaired) electrons. The molecule has 0 unspecified atom stereocenters. The van der Waals surface area contributed by atoms with E-state index in [-0.39, 0.29) is 0 Å². The van der Waals surface area contributed by atoms with Crippen LogP contribution in [0.2, 0.25) is 0 Å². The van der Waals surface area contributed by atoms with E-state index in [2.05, 4.69) is 18.0 Å². The number of pyridine rings is 1. The molecular formula is C22H21NO3. The Morgan fingerprint density at radius 2 is 1.62 bits per heavy atom. The summed E-state index contributed by atoms with van der Waals surface area (Å²) < 4.78 is 10.5. The third kappa shape index (κ3) is 4.28. The third-order valence-corrected chi connectivity index (χ3v) is 4.05. The maximum atomic E-state index is 12.3. The molecule has 3 rings (SSSR count). The number of carbonyl (C=O) groups is 1. The van der Waals surface area contributed by atoms with E-state index in [4.69, 9.17) is 9.47 Å². The van der Waals surface area contributed by atoms with Crippen molar-refractivity contribution >= 4 is 5.97 Å². The van der Waals surface area contributed by atoms with Crippen molar-refractivity contribution in [1.82, 2.24) is 4.98 Å². The monoisotopic (exact) mass is 347 g/mol. The Bertz CT molecular complexity index is 853. The zero-order valence-electron chi connectivity index (χ0n) is 14.9. The third-order valence-electron chi connectivity index (χ3n) is 4.05. The van der Waals surface area contributed by atoms with Crippen LogP contribution in [0.1, 0.15) is 29.3 Å². The van der Waals surface area contributed by atoms with E-state index in [0.29, 0.717) is 17.1 Å². The lowest BCUT2D eigenvalue weighted by Gasteiger charge is -2.07. The number of rotatable bonds is 6. The number of carbonyl (C=O) groups excluding carboxylic acids is 1. The van der Waals surface area contributed by atoms with Crippen LogP contribution in [-0.2, 0) is 6.42 Å². The van der Waals surface area contributed by atoms with Crippen molar-refractivity contribution in [2.24, 2.45) is 0 Å².